The number of likely N-dealkylation sites (tertiary alicyclic amines) is 1. The number of hydrogen-bond acceptors (Lipinski definition) is 2. The molecule has 1 aliphatic heterocycles. The summed E-state index contributed by atoms with van der Waals surface area (Å²) in [6.07, 6.45) is 3.06. The maximum absolute atomic E-state index is 13.9. The SMILES string of the molecule is COc1cccc([C@@]23CCN(Cc4ccccc4)CC2Cc2c([nH]c4cc(F)ccc24)C3)c1. The molecule has 4 aromatic rings. The second-order valence-corrected chi connectivity index (χ2v) is 9.71. The van der Waals surface area contributed by atoms with Gasteiger partial charge in [0.2, 0.25) is 0 Å². The predicted molar refractivity (Wildman–Crippen MR) is 130 cm³/mol. The van der Waals surface area contributed by atoms with E-state index in [1.54, 1.807) is 19.2 Å². The molecule has 6 rings (SSSR count). The summed E-state index contributed by atoms with van der Waals surface area (Å²) >= 11 is 0. The largest absolute Gasteiger partial charge is 0.497 e. The monoisotopic (exact) mass is 440 g/mol. The summed E-state index contributed by atoms with van der Waals surface area (Å²) < 4.78 is 19.5. The van der Waals surface area contributed by atoms with E-state index < -0.39 is 0 Å². The van der Waals surface area contributed by atoms with Crippen molar-refractivity contribution >= 4 is 10.9 Å². The van der Waals surface area contributed by atoms with Gasteiger partial charge >= 0.3 is 0 Å². The van der Waals surface area contributed by atoms with Gasteiger partial charge in [-0.15, -0.1) is 0 Å². The molecule has 2 aliphatic rings. The zero-order valence-corrected chi connectivity index (χ0v) is 19.0. The van der Waals surface area contributed by atoms with Gasteiger partial charge in [-0.2, -0.15) is 0 Å². The van der Waals surface area contributed by atoms with Crippen molar-refractivity contribution in [3.05, 3.63) is 101 Å². The van der Waals surface area contributed by atoms with Crippen molar-refractivity contribution in [1.29, 1.82) is 0 Å². The highest BCUT2D eigenvalue weighted by atomic mass is 19.1. The lowest BCUT2D eigenvalue weighted by Gasteiger charge is -2.51. The average Bonchev–Trinajstić information content (AvgIpc) is 3.19. The number of piperidine rings is 1. The topological polar surface area (TPSA) is 28.3 Å². The van der Waals surface area contributed by atoms with Crippen LogP contribution in [0.5, 0.6) is 5.75 Å². The van der Waals surface area contributed by atoms with Crippen molar-refractivity contribution in [1.82, 2.24) is 9.88 Å². The number of nitrogens with zero attached hydrogens (tertiary/aromatic N) is 1. The second kappa shape index (κ2) is 8.03. The Bertz CT molecular complexity index is 1300. The van der Waals surface area contributed by atoms with E-state index in [1.165, 1.54) is 27.8 Å². The summed E-state index contributed by atoms with van der Waals surface area (Å²) in [6, 6.07) is 24.6. The third-order valence-electron chi connectivity index (χ3n) is 7.93. The smallest absolute Gasteiger partial charge is 0.125 e. The first-order chi connectivity index (χ1) is 16.1. The Hall–Kier alpha value is -3.11. The minimum Gasteiger partial charge on any atom is -0.497 e. The van der Waals surface area contributed by atoms with Gasteiger partial charge in [-0.05, 0) is 78.7 Å². The molecule has 1 N–H and O–H groups in total. The molecule has 2 heterocycles. The summed E-state index contributed by atoms with van der Waals surface area (Å²) in [6.45, 7) is 3.10. The van der Waals surface area contributed by atoms with Crippen LogP contribution < -0.4 is 4.74 Å². The lowest BCUT2D eigenvalue weighted by Crippen LogP contribution is -2.53. The number of benzene rings is 3. The van der Waals surface area contributed by atoms with Crippen LogP contribution >= 0.6 is 0 Å². The fourth-order valence-corrected chi connectivity index (χ4v) is 6.26. The fraction of sp³-hybridized carbons (Fsp3) is 0.310. The molecule has 0 bridgehead atoms. The van der Waals surface area contributed by atoms with Crippen LogP contribution in [0.15, 0.2) is 72.8 Å². The molecule has 1 unspecified atom stereocenters. The molecule has 0 radical (unpaired) electrons. The van der Waals surface area contributed by atoms with Crippen molar-refractivity contribution in [2.75, 3.05) is 20.2 Å². The molecule has 33 heavy (non-hydrogen) atoms. The number of nitrogens with one attached hydrogen (secondary N) is 1. The number of aromatic amines is 1. The number of halogens is 1. The highest BCUT2D eigenvalue weighted by Crippen LogP contribution is 2.49. The van der Waals surface area contributed by atoms with Gasteiger partial charge in [0.25, 0.3) is 0 Å². The Morgan fingerprint density at radius 3 is 2.79 bits per heavy atom. The van der Waals surface area contributed by atoms with Gasteiger partial charge < -0.3 is 9.72 Å². The van der Waals surface area contributed by atoms with Crippen LogP contribution in [0, 0.1) is 11.7 Å². The lowest BCUT2D eigenvalue weighted by molar-refractivity contribution is 0.0765. The third kappa shape index (κ3) is 3.53. The molecular weight excluding hydrogens is 411 g/mol. The van der Waals surface area contributed by atoms with E-state index in [2.05, 4.69) is 58.4 Å². The van der Waals surface area contributed by atoms with Gasteiger partial charge in [0.05, 0.1) is 7.11 Å². The van der Waals surface area contributed by atoms with E-state index in [1.807, 2.05) is 12.1 Å². The van der Waals surface area contributed by atoms with Crippen LogP contribution in [0.1, 0.15) is 28.8 Å². The van der Waals surface area contributed by atoms with Crippen molar-refractivity contribution in [3.63, 3.8) is 0 Å². The van der Waals surface area contributed by atoms with Crippen molar-refractivity contribution in [2.24, 2.45) is 5.92 Å². The van der Waals surface area contributed by atoms with E-state index in [0.717, 1.165) is 50.2 Å². The number of fused-ring (bicyclic) bond motifs is 4. The molecular formula is C29H29FN2O. The van der Waals surface area contributed by atoms with Crippen LogP contribution in [0.25, 0.3) is 10.9 Å². The highest BCUT2D eigenvalue weighted by molar-refractivity contribution is 5.85. The van der Waals surface area contributed by atoms with Gasteiger partial charge in [-0.1, -0.05) is 42.5 Å². The third-order valence-corrected chi connectivity index (χ3v) is 7.93. The number of ether oxygens (including phenoxy) is 1. The first-order valence-corrected chi connectivity index (χ1v) is 11.8. The Balaban J connectivity index is 1.41. The second-order valence-electron chi connectivity index (χ2n) is 9.71. The lowest BCUT2D eigenvalue weighted by atomic mass is 9.58. The van der Waals surface area contributed by atoms with E-state index in [9.17, 15) is 4.39 Å². The van der Waals surface area contributed by atoms with Crippen LogP contribution in [0.2, 0.25) is 0 Å². The average molecular weight is 441 g/mol. The normalized spacial score (nSPS) is 22.7. The molecule has 4 heteroatoms. The van der Waals surface area contributed by atoms with Crippen molar-refractivity contribution < 1.29 is 9.13 Å². The van der Waals surface area contributed by atoms with E-state index in [-0.39, 0.29) is 11.2 Å². The van der Waals surface area contributed by atoms with Gasteiger partial charge in [0.15, 0.2) is 0 Å². The molecule has 3 nitrogen and oxygen atoms in total. The summed E-state index contributed by atoms with van der Waals surface area (Å²) in [7, 11) is 1.74. The van der Waals surface area contributed by atoms with Crippen molar-refractivity contribution in [2.45, 2.75) is 31.2 Å². The van der Waals surface area contributed by atoms with Gasteiger partial charge in [0.1, 0.15) is 11.6 Å². The molecule has 0 spiro atoms. The Kier molecular flexibility index (Phi) is 4.99. The van der Waals surface area contributed by atoms with Crippen LogP contribution in [0.4, 0.5) is 4.39 Å². The molecule has 1 aromatic heterocycles. The zero-order valence-electron chi connectivity index (χ0n) is 19.0. The molecule has 2 atom stereocenters. The van der Waals surface area contributed by atoms with Gasteiger partial charge in [-0.25, -0.2) is 4.39 Å². The molecule has 0 saturated carbocycles. The number of rotatable bonds is 4. The zero-order chi connectivity index (χ0) is 22.4. The highest BCUT2D eigenvalue weighted by Gasteiger charge is 2.48. The predicted octanol–water partition coefficient (Wildman–Crippen LogP) is 5.87. The summed E-state index contributed by atoms with van der Waals surface area (Å²) in [5, 5.41) is 1.17. The molecule has 1 saturated heterocycles. The molecule has 1 aliphatic carbocycles. The minimum atomic E-state index is -0.185. The summed E-state index contributed by atoms with van der Waals surface area (Å²) in [5.41, 5.74) is 6.34. The molecule has 0 amide bonds. The van der Waals surface area contributed by atoms with Crippen LogP contribution in [-0.4, -0.2) is 30.1 Å². The Morgan fingerprint density at radius 1 is 1.06 bits per heavy atom. The summed E-state index contributed by atoms with van der Waals surface area (Å²) in [5.74, 6) is 1.21. The molecule has 168 valence electrons. The molecule has 3 aromatic carbocycles. The fourth-order valence-electron chi connectivity index (χ4n) is 6.26. The molecule has 1 fully saturated rings. The van der Waals surface area contributed by atoms with Crippen molar-refractivity contribution in [3.8, 4) is 5.75 Å². The van der Waals surface area contributed by atoms with E-state index >= 15 is 0 Å². The maximum atomic E-state index is 13.9. The Labute approximate surface area is 194 Å². The van der Waals surface area contributed by atoms with Crippen LogP contribution in [-0.2, 0) is 24.8 Å². The van der Waals surface area contributed by atoms with Crippen LogP contribution in [0.3, 0.4) is 0 Å². The maximum Gasteiger partial charge on any atom is 0.125 e. The van der Waals surface area contributed by atoms with Gasteiger partial charge in [-0.3, -0.25) is 4.90 Å². The minimum absolute atomic E-state index is 0.0498. The number of H-pyrrole nitrogens is 1. The number of aromatic nitrogens is 1. The van der Waals surface area contributed by atoms with Gasteiger partial charge in [0, 0.05) is 35.1 Å². The Morgan fingerprint density at radius 2 is 1.94 bits per heavy atom. The first-order valence-electron chi connectivity index (χ1n) is 11.8. The number of hydrogen-bond donors (Lipinski definition) is 1. The summed E-state index contributed by atoms with van der Waals surface area (Å²) in [4.78, 5) is 6.19. The standard InChI is InChI=1S/C29H29FN2O/c1-33-24-9-5-8-21(14-24)29-12-13-32(18-20-6-3-2-4-7-20)19-22(29)15-26-25-11-10-23(30)16-27(25)31-28(26)17-29/h2-11,14,16,22,31H,12-13,15,17-19H2,1H3/t22?,29-/m0/s1. The first kappa shape index (κ1) is 20.5. The number of methoxy groups -OCH3 is 1. The van der Waals surface area contributed by atoms with E-state index in [4.69, 9.17) is 4.74 Å². The quantitative estimate of drug-likeness (QED) is 0.430. The van der Waals surface area contributed by atoms with E-state index in [0.29, 0.717) is 5.92 Å².